The Kier molecular flexibility index (Phi) is 10.7. The van der Waals surface area contributed by atoms with Gasteiger partial charge in [-0.05, 0) is 198 Å². The van der Waals surface area contributed by atoms with Crippen molar-refractivity contribution in [2.75, 3.05) is 4.90 Å². The van der Waals surface area contributed by atoms with E-state index in [-0.39, 0.29) is 5.41 Å². The van der Waals surface area contributed by atoms with Crippen LogP contribution in [0, 0.1) is 0 Å². The molecule has 13 aromatic rings. The third-order valence-electron chi connectivity index (χ3n) is 16.9. The van der Waals surface area contributed by atoms with Crippen molar-refractivity contribution >= 4 is 38.9 Å². The molecule has 0 atom stereocenters. The van der Waals surface area contributed by atoms with E-state index in [1.165, 1.54) is 122 Å². The van der Waals surface area contributed by atoms with E-state index in [2.05, 4.69) is 302 Å². The van der Waals surface area contributed by atoms with E-state index in [0.29, 0.717) is 0 Å². The Morgan fingerprint density at radius 1 is 0.295 bits per heavy atom. The molecule has 1 aromatic heterocycles. The van der Waals surface area contributed by atoms with Crippen LogP contribution in [0.2, 0.25) is 0 Å². The third kappa shape index (κ3) is 7.47. The van der Waals surface area contributed by atoms with Crippen LogP contribution in [0.4, 0.5) is 17.1 Å². The van der Waals surface area contributed by atoms with Crippen molar-refractivity contribution < 1.29 is 0 Å². The maximum absolute atomic E-state index is 2.46. The van der Waals surface area contributed by atoms with Gasteiger partial charge in [0, 0.05) is 38.9 Å². The molecular formula is C76H54N2. The zero-order valence-corrected chi connectivity index (χ0v) is 43.7. The first-order valence-corrected chi connectivity index (χ1v) is 27.3. The Balaban J connectivity index is 0.883. The predicted octanol–water partition coefficient (Wildman–Crippen LogP) is 20.5. The van der Waals surface area contributed by atoms with E-state index in [0.717, 1.165) is 29.2 Å². The fourth-order valence-electron chi connectivity index (χ4n) is 13.0. The molecule has 2 aliphatic carbocycles. The number of aromatic nitrogens is 1. The summed E-state index contributed by atoms with van der Waals surface area (Å²) in [5.74, 6) is 0. The van der Waals surface area contributed by atoms with Gasteiger partial charge in [-0.1, -0.05) is 202 Å². The van der Waals surface area contributed by atoms with Gasteiger partial charge in [-0.15, -0.1) is 0 Å². The van der Waals surface area contributed by atoms with Crippen molar-refractivity contribution in [1.29, 1.82) is 0 Å². The van der Waals surface area contributed by atoms with Crippen LogP contribution in [0.15, 0.2) is 279 Å². The van der Waals surface area contributed by atoms with Crippen molar-refractivity contribution in [2.24, 2.45) is 0 Å². The monoisotopic (exact) mass is 994 g/mol. The molecule has 0 unspecified atom stereocenters. The quantitative estimate of drug-likeness (QED) is 0.140. The van der Waals surface area contributed by atoms with E-state index in [9.17, 15) is 0 Å². The predicted molar refractivity (Wildman–Crippen MR) is 328 cm³/mol. The fourth-order valence-corrected chi connectivity index (χ4v) is 13.0. The molecule has 2 aliphatic rings. The molecular weight excluding hydrogens is 941 g/mol. The van der Waals surface area contributed by atoms with Gasteiger partial charge in [0.1, 0.15) is 0 Å². The van der Waals surface area contributed by atoms with Crippen LogP contribution < -0.4 is 4.90 Å². The van der Waals surface area contributed by atoms with Gasteiger partial charge >= 0.3 is 0 Å². The average molecular weight is 995 g/mol. The summed E-state index contributed by atoms with van der Waals surface area (Å²) in [6.45, 7) is 4.73. The standard InChI is InChI=1S/C76H54N2/c1-76(2)72-29-17-15-27-62(72)63-41-40-61(48-73(63)76)77(59-36-31-53(32-37-59)50-19-7-3-8-20-50)60-38-33-54(34-39-60)65-44-56(51-21-9-4-10-22-51)46-67-68-47-57(52-23-11-5-12-24-52)45-66(70(68)49-69(65)67)55-35-42-75-71(43-55)64-28-16-18-30-74(64)78(75)58-25-13-6-14-26-58/h3-48H,49H2,1-2H3. The second-order valence-corrected chi connectivity index (χ2v) is 21.6. The number of nitrogens with zero attached hydrogens (tertiary/aromatic N) is 2. The summed E-state index contributed by atoms with van der Waals surface area (Å²) in [7, 11) is 0. The van der Waals surface area contributed by atoms with E-state index >= 15 is 0 Å². The van der Waals surface area contributed by atoms with E-state index in [4.69, 9.17) is 0 Å². The third-order valence-corrected chi connectivity index (χ3v) is 16.9. The fraction of sp³-hybridized carbons (Fsp3) is 0.0526. The normalized spacial score (nSPS) is 12.8. The van der Waals surface area contributed by atoms with Crippen molar-refractivity contribution in [3.8, 4) is 83.6 Å². The summed E-state index contributed by atoms with van der Waals surface area (Å²) in [5, 5.41) is 2.51. The highest BCUT2D eigenvalue weighted by Crippen LogP contribution is 2.53. The first-order valence-electron chi connectivity index (χ1n) is 27.3. The van der Waals surface area contributed by atoms with Crippen molar-refractivity contribution in [3.05, 3.63) is 301 Å². The lowest BCUT2D eigenvalue weighted by Crippen LogP contribution is -2.16. The van der Waals surface area contributed by atoms with E-state index < -0.39 is 0 Å². The number of para-hydroxylation sites is 2. The molecule has 2 nitrogen and oxygen atoms in total. The van der Waals surface area contributed by atoms with E-state index in [1.807, 2.05) is 0 Å². The molecule has 0 radical (unpaired) electrons. The average Bonchev–Trinajstić information content (AvgIpc) is 4.34. The van der Waals surface area contributed by atoms with Gasteiger partial charge in [-0.2, -0.15) is 0 Å². The molecule has 0 saturated carbocycles. The molecule has 2 heteroatoms. The number of anilines is 3. The minimum Gasteiger partial charge on any atom is -0.310 e. The Morgan fingerprint density at radius 3 is 1.37 bits per heavy atom. The van der Waals surface area contributed by atoms with Crippen molar-refractivity contribution in [2.45, 2.75) is 25.7 Å². The highest BCUT2D eigenvalue weighted by molar-refractivity contribution is 6.11. The molecule has 0 aliphatic heterocycles. The number of hydrogen-bond donors (Lipinski definition) is 0. The number of fused-ring (bicyclic) bond motifs is 9. The van der Waals surface area contributed by atoms with Gasteiger partial charge in [-0.3, -0.25) is 0 Å². The number of hydrogen-bond acceptors (Lipinski definition) is 1. The SMILES string of the molecule is CC1(C)c2ccccc2-c2ccc(N(c3ccc(-c4ccccc4)cc3)c3ccc(-c4cc(-c5ccccc5)cc5c4Cc4c(-c6ccc7c(c6)c6ccccc6n7-c6ccccc6)cc(-c6ccccc6)cc4-5)cc3)cc21. The molecule has 0 spiro atoms. The molecule has 368 valence electrons. The lowest BCUT2D eigenvalue weighted by Gasteiger charge is -2.28. The maximum atomic E-state index is 2.46. The molecule has 15 rings (SSSR count). The Labute approximate surface area is 456 Å². The molecule has 12 aromatic carbocycles. The lowest BCUT2D eigenvalue weighted by molar-refractivity contribution is 0.660. The van der Waals surface area contributed by atoms with Crippen LogP contribution in [-0.4, -0.2) is 4.57 Å². The van der Waals surface area contributed by atoms with Crippen LogP contribution in [-0.2, 0) is 11.8 Å². The van der Waals surface area contributed by atoms with Crippen molar-refractivity contribution in [3.63, 3.8) is 0 Å². The highest BCUT2D eigenvalue weighted by Gasteiger charge is 2.36. The van der Waals surface area contributed by atoms with Crippen molar-refractivity contribution in [1.82, 2.24) is 4.57 Å². The number of benzene rings is 12. The van der Waals surface area contributed by atoms with Gasteiger partial charge < -0.3 is 9.47 Å². The highest BCUT2D eigenvalue weighted by atomic mass is 15.1. The van der Waals surface area contributed by atoms with Crippen LogP contribution in [0.5, 0.6) is 0 Å². The largest absolute Gasteiger partial charge is 0.310 e. The Bertz CT molecular complexity index is 4440. The minimum absolute atomic E-state index is 0.131. The molecule has 78 heavy (non-hydrogen) atoms. The zero-order valence-electron chi connectivity index (χ0n) is 43.7. The zero-order chi connectivity index (χ0) is 51.9. The summed E-state index contributed by atoms with van der Waals surface area (Å²) in [6.07, 6.45) is 0.818. The van der Waals surface area contributed by atoms with E-state index in [1.54, 1.807) is 0 Å². The van der Waals surface area contributed by atoms with Crippen LogP contribution in [0.3, 0.4) is 0 Å². The molecule has 0 bridgehead atoms. The second-order valence-electron chi connectivity index (χ2n) is 21.6. The summed E-state index contributed by atoms with van der Waals surface area (Å²) in [6, 6.07) is 103. The molecule has 1 heterocycles. The van der Waals surface area contributed by atoms with Gasteiger partial charge in [0.05, 0.1) is 11.0 Å². The topological polar surface area (TPSA) is 8.17 Å². The lowest BCUT2D eigenvalue weighted by atomic mass is 9.82. The smallest absolute Gasteiger partial charge is 0.0541 e. The number of rotatable bonds is 9. The maximum Gasteiger partial charge on any atom is 0.0541 e. The van der Waals surface area contributed by atoms with Gasteiger partial charge in [0.25, 0.3) is 0 Å². The second kappa shape index (κ2) is 18.2. The summed E-state index contributed by atoms with van der Waals surface area (Å²) in [4.78, 5) is 2.43. The van der Waals surface area contributed by atoms with Crippen LogP contribution in [0.1, 0.15) is 36.1 Å². The first-order chi connectivity index (χ1) is 38.4. The molecule has 0 N–H and O–H groups in total. The van der Waals surface area contributed by atoms with Crippen LogP contribution >= 0.6 is 0 Å². The first kappa shape index (κ1) is 45.6. The van der Waals surface area contributed by atoms with Gasteiger partial charge in [-0.25, -0.2) is 0 Å². The molecule has 0 fully saturated rings. The summed E-state index contributed by atoms with van der Waals surface area (Å²) >= 11 is 0. The summed E-state index contributed by atoms with van der Waals surface area (Å²) in [5.41, 5.74) is 29.7. The molecule has 0 saturated heterocycles. The van der Waals surface area contributed by atoms with Gasteiger partial charge in [0.15, 0.2) is 0 Å². The molecule has 0 amide bonds. The van der Waals surface area contributed by atoms with Gasteiger partial charge in [0.2, 0.25) is 0 Å². The van der Waals surface area contributed by atoms with Crippen LogP contribution in [0.25, 0.3) is 105 Å². The Hall–Kier alpha value is -9.76. The Morgan fingerprint density at radius 2 is 0.744 bits per heavy atom. The minimum atomic E-state index is -0.131. The summed E-state index contributed by atoms with van der Waals surface area (Å²) < 4.78 is 2.41.